The second-order valence-corrected chi connectivity index (χ2v) is 6.42. The monoisotopic (exact) mass is 259 g/mol. The molecule has 1 N–H and O–H groups in total. The minimum absolute atomic E-state index is 0.569. The molecule has 0 aliphatic heterocycles. The van der Waals surface area contributed by atoms with Crippen LogP contribution >= 0.6 is 0 Å². The molecule has 1 fully saturated rings. The lowest BCUT2D eigenvalue weighted by molar-refractivity contribution is 0.374. The smallest absolute Gasteiger partial charge is 0.0348 e. The molecule has 1 aliphatic carbocycles. The van der Waals surface area contributed by atoms with Crippen molar-refractivity contribution in [2.75, 3.05) is 6.54 Å². The van der Waals surface area contributed by atoms with Crippen molar-refractivity contribution in [1.29, 1.82) is 0 Å². The van der Waals surface area contributed by atoms with Gasteiger partial charge in [0.15, 0.2) is 0 Å². The Morgan fingerprint density at radius 2 is 1.95 bits per heavy atom. The Bertz CT molecular complexity index is 377. The summed E-state index contributed by atoms with van der Waals surface area (Å²) >= 11 is 0. The summed E-state index contributed by atoms with van der Waals surface area (Å²) in [6.07, 6.45) is 6.81. The molecule has 2 rings (SSSR count). The van der Waals surface area contributed by atoms with Gasteiger partial charge < -0.3 is 5.32 Å². The quantitative estimate of drug-likeness (QED) is 0.779. The van der Waals surface area contributed by atoms with Gasteiger partial charge in [0.25, 0.3) is 0 Å². The lowest BCUT2D eigenvalue weighted by Gasteiger charge is -2.25. The van der Waals surface area contributed by atoms with Crippen LogP contribution in [0.4, 0.5) is 0 Å². The van der Waals surface area contributed by atoms with Gasteiger partial charge in [-0.3, -0.25) is 0 Å². The van der Waals surface area contributed by atoms with Crippen LogP contribution in [0.25, 0.3) is 0 Å². The Morgan fingerprint density at radius 1 is 1.21 bits per heavy atom. The van der Waals surface area contributed by atoms with Gasteiger partial charge >= 0.3 is 0 Å². The summed E-state index contributed by atoms with van der Waals surface area (Å²) in [5.74, 6) is 1.58. The maximum atomic E-state index is 3.72. The highest BCUT2D eigenvalue weighted by atomic mass is 14.9. The van der Waals surface area contributed by atoms with Gasteiger partial charge in [0.1, 0.15) is 0 Å². The van der Waals surface area contributed by atoms with Gasteiger partial charge in [-0.25, -0.2) is 0 Å². The predicted molar refractivity (Wildman–Crippen MR) is 83.4 cm³/mol. The Morgan fingerprint density at radius 3 is 2.58 bits per heavy atom. The highest BCUT2D eigenvalue weighted by Crippen LogP contribution is 2.36. The average molecular weight is 259 g/mol. The van der Waals surface area contributed by atoms with Gasteiger partial charge in [-0.2, -0.15) is 0 Å². The molecule has 1 nitrogen and oxygen atoms in total. The van der Waals surface area contributed by atoms with Gasteiger partial charge in [-0.05, 0) is 48.8 Å². The molecule has 106 valence electrons. The van der Waals surface area contributed by atoms with E-state index < -0.39 is 0 Å². The van der Waals surface area contributed by atoms with Crippen molar-refractivity contribution >= 4 is 0 Å². The second kappa shape index (κ2) is 7.09. The first-order valence-corrected chi connectivity index (χ1v) is 8.03. The molecule has 1 heteroatoms. The highest BCUT2D eigenvalue weighted by molar-refractivity contribution is 5.27. The van der Waals surface area contributed by atoms with Crippen LogP contribution in [0.3, 0.4) is 0 Å². The molecule has 1 aromatic carbocycles. The van der Waals surface area contributed by atoms with E-state index in [1.54, 1.807) is 0 Å². The molecule has 0 spiro atoms. The zero-order valence-electron chi connectivity index (χ0n) is 12.8. The molecule has 0 saturated heterocycles. The third-order valence-electron chi connectivity index (χ3n) is 4.25. The number of nitrogens with one attached hydrogen (secondary N) is 1. The summed E-state index contributed by atoms with van der Waals surface area (Å²) in [4.78, 5) is 0. The molecular formula is C18H29N. The zero-order valence-corrected chi connectivity index (χ0v) is 12.8. The molecule has 1 aliphatic rings. The summed E-state index contributed by atoms with van der Waals surface area (Å²) in [5, 5.41) is 3.72. The first kappa shape index (κ1) is 14.6. The molecule has 1 atom stereocenters. The zero-order chi connectivity index (χ0) is 13.7. The fourth-order valence-corrected chi connectivity index (χ4v) is 3.45. The van der Waals surface area contributed by atoms with E-state index in [1.165, 1.54) is 43.2 Å². The van der Waals surface area contributed by atoms with Gasteiger partial charge in [-0.1, -0.05) is 57.9 Å². The Hall–Kier alpha value is -0.820. The largest absolute Gasteiger partial charge is 0.310 e. The van der Waals surface area contributed by atoms with E-state index in [9.17, 15) is 0 Å². The molecular weight excluding hydrogens is 230 g/mol. The number of rotatable bonds is 6. The fourth-order valence-electron chi connectivity index (χ4n) is 3.45. The van der Waals surface area contributed by atoms with Gasteiger partial charge in [-0.15, -0.1) is 0 Å². The van der Waals surface area contributed by atoms with E-state index in [1.807, 2.05) is 0 Å². The fraction of sp³-hybridized carbons (Fsp3) is 0.667. The van der Waals surface area contributed by atoms with Crippen LogP contribution in [0.1, 0.15) is 63.6 Å². The summed E-state index contributed by atoms with van der Waals surface area (Å²) in [7, 11) is 0. The van der Waals surface area contributed by atoms with Crippen LogP contribution in [-0.2, 0) is 6.42 Å². The van der Waals surface area contributed by atoms with Crippen LogP contribution in [0.15, 0.2) is 24.3 Å². The highest BCUT2D eigenvalue weighted by Gasteiger charge is 2.25. The predicted octanol–water partition coefficient (Wildman–Crippen LogP) is 4.73. The molecule has 0 aromatic heterocycles. The molecule has 1 aromatic rings. The third kappa shape index (κ3) is 4.07. The van der Waals surface area contributed by atoms with Crippen LogP contribution in [0.5, 0.6) is 0 Å². The van der Waals surface area contributed by atoms with Crippen molar-refractivity contribution in [3.63, 3.8) is 0 Å². The van der Waals surface area contributed by atoms with Crippen LogP contribution in [0.2, 0.25) is 0 Å². The maximum Gasteiger partial charge on any atom is 0.0348 e. The first-order valence-electron chi connectivity index (χ1n) is 8.03. The normalized spacial score (nSPS) is 18.1. The van der Waals surface area contributed by atoms with Crippen LogP contribution in [0, 0.1) is 11.8 Å². The Balaban J connectivity index is 2.15. The second-order valence-electron chi connectivity index (χ2n) is 6.42. The van der Waals surface area contributed by atoms with Crippen molar-refractivity contribution < 1.29 is 0 Å². The van der Waals surface area contributed by atoms with Crippen LogP contribution in [-0.4, -0.2) is 6.54 Å². The van der Waals surface area contributed by atoms with Crippen LogP contribution < -0.4 is 5.32 Å². The average Bonchev–Trinajstić information content (AvgIpc) is 2.89. The lowest BCUT2D eigenvalue weighted by Crippen LogP contribution is -2.27. The SMILES string of the molecule is CCNC(c1cccc(CC(C)C)c1)C1CCCC1. The molecule has 0 bridgehead atoms. The first-order chi connectivity index (χ1) is 9.20. The molecule has 0 radical (unpaired) electrons. The minimum Gasteiger partial charge on any atom is -0.310 e. The topological polar surface area (TPSA) is 12.0 Å². The van der Waals surface area contributed by atoms with Crippen molar-refractivity contribution in [2.24, 2.45) is 11.8 Å². The number of benzene rings is 1. The standard InChI is InChI=1S/C18H29N/c1-4-19-18(16-9-5-6-10-16)17-11-7-8-15(13-17)12-14(2)3/h7-8,11,13-14,16,18-19H,4-6,9-10,12H2,1-3H3. The van der Waals surface area contributed by atoms with E-state index >= 15 is 0 Å². The Kier molecular flexibility index (Phi) is 5.45. The van der Waals surface area contributed by atoms with E-state index in [4.69, 9.17) is 0 Å². The van der Waals surface area contributed by atoms with Crippen molar-refractivity contribution in [1.82, 2.24) is 5.32 Å². The summed E-state index contributed by atoms with van der Waals surface area (Å²) in [5.41, 5.74) is 3.00. The summed E-state index contributed by atoms with van der Waals surface area (Å²) in [6, 6.07) is 9.84. The summed E-state index contributed by atoms with van der Waals surface area (Å²) in [6.45, 7) is 7.88. The van der Waals surface area contributed by atoms with Gasteiger partial charge in [0.2, 0.25) is 0 Å². The molecule has 19 heavy (non-hydrogen) atoms. The van der Waals surface area contributed by atoms with E-state index in [0.717, 1.165) is 18.4 Å². The van der Waals surface area contributed by atoms with Crippen molar-refractivity contribution in [3.8, 4) is 0 Å². The molecule has 0 amide bonds. The molecule has 1 unspecified atom stereocenters. The molecule has 0 heterocycles. The van der Waals surface area contributed by atoms with Gasteiger partial charge in [0, 0.05) is 6.04 Å². The maximum absolute atomic E-state index is 3.72. The third-order valence-corrected chi connectivity index (χ3v) is 4.25. The van der Waals surface area contributed by atoms with E-state index in [2.05, 4.69) is 50.4 Å². The van der Waals surface area contributed by atoms with Crippen molar-refractivity contribution in [3.05, 3.63) is 35.4 Å². The number of hydrogen-bond donors (Lipinski definition) is 1. The number of hydrogen-bond acceptors (Lipinski definition) is 1. The van der Waals surface area contributed by atoms with Gasteiger partial charge in [0.05, 0.1) is 0 Å². The van der Waals surface area contributed by atoms with E-state index in [-0.39, 0.29) is 0 Å². The van der Waals surface area contributed by atoms with E-state index in [0.29, 0.717) is 6.04 Å². The van der Waals surface area contributed by atoms with Crippen molar-refractivity contribution in [2.45, 2.75) is 58.9 Å². The molecule has 1 saturated carbocycles. The Labute approximate surface area is 118 Å². The lowest BCUT2D eigenvalue weighted by atomic mass is 9.89. The minimum atomic E-state index is 0.569. The summed E-state index contributed by atoms with van der Waals surface area (Å²) < 4.78 is 0.